The van der Waals surface area contributed by atoms with Crippen LogP contribution in [0.5, 0.6) is 0 Å². The smallest absolute Gasteiger partial charge is 0.339 e. The van der Waals surface area contributed by atoms with Crippen molar-refractivity contribution >= 4 is 11.9 Å². The number of likely N-dealkylation sites (N-methyl/N-ethyl adjacent to an activating group) is 1. The molecule has 1 amide bonds. The van der Waals surface area contributed by atoms with Crippen LogP contribution in [0.15, 0.2) is 34.9 Å². The fourth-order valence-electron chi connectivity index (χ4n) is 2.53. The van der Waals surface area contributed by atoms with E-state index in [2.05, 4.69) is 5.16 Å². The second-order valence-electron chi connectivity index (χ2n) is 5.38. The molecule has 0 aliphatic carbocycles. The number of fused-ring (bicyclic) bond motifs is 1. The van der Waals surface area contributed by atoms with E-state index in [-0.39, 0.29) is 5.91 Å². The topological polar surface area (TPSA) is 72.6 Å². The van der Waals surface area contributed by atoms with Gasteiger partial charge in [0.2, 0.25) is 0 Å². The molecule has 22 heavy (non-hydrogen) atoms. The zero-order chi connectivity index (χ0) is 15.7. The number of amides is 1. The summed E-state index contributed by atoms with van der Waals surface area (Å²) in [6, 6.07) is 8.95. The van der Waals surface area contributed by atoms with Crippen molar-refractivity contribution < 1.29 is 18.8 Å². The summed E-state index contributed by atoms with van der Waals surface area (Å²) in [5, 5.41) is 3.86. The van der Waals surface area contributed by atoms with Crippen LogP contribution in [0.3, 0.4) is 0 Å². The van der Waals surface area contributed by atoms with Crippen LogP contribution < -0.4 is 0 Å². The third kappa shape index (κ3) is 2.72. The Labute approximate surface area is 127 Å². The van der Waals surface area contributed by atoms with E-state index in [9.17, 15) is 9.59 Å². The minimum Gasteiger partial charge on any atom is -0.448 e. The van der Waals surface area contributed by atoms with Crippen LogP contribution in [0.1, 0.15) is 27.4 Å². The van der Waals surface area contributed by atoms with Gasteiger partial charge < -0.3 is 14.2 Å². The summed E-state index contributed by atoms with van der Waals surface area (Å²) in [6.07, 6.45) is -0.400. The van der Waals surface area contributed by atoms with E-state index in [1.807, 2.05) is 12.1 Å². The maximum Gasteiger partial charge on any atom is 0.339 e. The Bertz CT molecular complexity index is 722. The van der Waals surface area contributed by atoms with E-state index >= 15 is 0 Å². The molecule has 0 saturated heterocycles. The first kappa shape index (κ1) is 14.3. The quantitative estimate of drug-likeness (QED) is 0.807. The van der Waals surface area contributed by atoms with Crippen molar-refractivity contribution in [3.05, 3.63) is 52.9 Å². The van der Waals surface area contributed by atoms with E-state index in [1.165, 1.54) is 4.90 Å². The van der Waals surface area contributed by atoms with Crippen molar-refractivity contribution in [3.63, 3.8) is 0 Å². The monoisotopic (exact) mass is 300 g/mol. The van der Waals surface area contributed by atoms with Gasteiger partial charge in [0.15, 0.2) is 6.10 Å². The average molecular weight is 300 g/mol. The third-order valence-corrected chi connectivity index (χ3v) is 3.62. The molecule has 0 radical (unpaired) electrons. The number of carbonyl (C=O) groups excluding carboxylic acids is 2. The summed E-state index contributed by atoms with van der Waals surface area (Å²) < 4.78 is 10.2. The Morgan fingerprint density at radius 2 is 2.18 bits per heavy atom. The van der Waals surface area contributed by atoms with Gasteiger partial charge in [0.05, 0.1) is 12.1 Å². The first-order chi connectivity index (χ1) is 10.5. The number of cyclic esters (lactones) is 1. The highest BCUT2D eigenvalue weighted by Crippen LogP contribution is 2.21. The van der Waals surface area contributed by atoms with E-state index in [1.54, 1.807) is 32.2 Å². The lowest BCUT2D eigenvalue weighted by Gasteiger charge is -2.27. The molecule has 3 rings (SSSR count). The van der Waals surface area contributed by atoms with Crippen LogP contribution in [0.25, 0.3) is 0 Å². The first-order valence-electron chi connectivity index (χ1n) is 7.00. The van der Waals surface area contributed by atoms with Crippen LogP contribution in [-0.2, 0) is 22.5 Å². The second-order valence-corrected chi connectivity index (χ2v) is 5.38. The van der Waals surface area contributed by atoms with Crippen molar-refractivity contribution in [2.45, 2.75) is 26.0 Å². The maximum atomic E-state index is 12.5. The van der Waals surface area contributed by atoms with Crippen LogP contribution >= 0.6 is 0 Å². The molecule has 6 nitrogen and oxygen atoms in total. The van der Waals surface area contributed by atoms with Gasteiger partial charge in [0.1, 0.15) is 11.5 Å². The normalized spacial score (nSPS) is 16.8. The number of hydrogen-bond acceptors (Lipinski definition) is 5. The zero-order valence-corrected chi connectivity index (χ0v) is 12.4. The molecule has 0 unspecified atom stereocenters. The molecule has 1 aromatic heterocycles. The van der Waals surface area contributed by atoms with Crippen molar-refractivity contribution in [1.29, 1.82) is 0 Å². The molecule has 1 aromatic carbocycles. The van der Waals surface area contributed by atoms with E-state index in [0.717, 1.165) is 5.56 Å². The molecule has 0 spiro atoms. The minimum absolute atomic E-state index is 0.247. The second kappa shape index (κ2) is 5.63. The number of aromatic nitrogens is 1. The Hall–Kier alpha value is -2.63. The highest BCUT2D eigenvalue weighted by atomic mass is 16.5. The van der Waals surface area contributed by atoms with E-state index < -0.39 is 12.1 Å². The maximum absolute atomic E-state index is 12.5. The molecule has 2 aromatic rings. The molecule has 114 valence electrons. The average Bonchev–Trinajstić information content (AvgIpc) is 2.91. The molecule has 0 bridgehead atoms. The first-order valence-corrected chi connectivity index (χ1v) is 7.00. The molecule has 0 N–H and O–H groups in total. The largest absolute Gasteiger partial charge is 0.448 e. The lowest BCUT2D eigenvalue weighted by atomic mass is 9.98. The standard InChI is InChI=1S/C16H16N2O4/c1-10-7-12(17-22-10)9-18(2)15(19)14-8-11-5-3-4-6-13(11)16(20)21-14/h3-7,14H,8-9H2,1-2H3/t14-/m0/s1. The summed E-state index contributed by atoms with van der Waals surface area (Å²) in [4.78, 5) is 25.9. The highest BCUT2D eigenvalue weighted by Gasteiger charge is 2.32. The van der Waals surface area contributed by atoms with Gasteiger partial charge in [0, 0.05) is 19.5 Å². The SMILES string of the molecule is Cc1cc(CN(C)C(=O)[C@@H]2Cc3ccccc3C(=O)O2)no1. The fraction of sp³-hybridized carbons (Fsp3) is 0.312. The van der Waals surface area contributed by atoms with Gasteiger partial charge >= 0.3 is 5.97 Å². The van der Waals surface area contributed by atoms with Gasteiger partial charge in [-0.3, -0.25) is 4.79 Å². The predicted octanol–water partition coefficient (Wildman–Crippen LogP) is 1.72. The number of nitrogens with zero attached hydrogens (tertiary/aromatic N) is 2. The Balaban J connectivity index is 1.72. The lowest BCUT2D eigenvalue weighted by Crippen LogP contribution is -2.42. The number of esters is 1. The van der Waals surface area contributed by atoms with Crippen LogP contribution in [-0.4, -0.2) is 35.1 Å². The summed E-state index contributed by atoms with van der Waals surface area (Å²) in [5.41, 5.74) is 2.03. The van der Waals surface area contributed by atoms with Gasteiger partial charge in [-0.1, -0.05) is 23.4 Å². The van der Waals surface area contributed by atoms with E-state index in [0.29, 0.717) is 30.0 Å². The number of rotatable bonds is 3. The van der Waals surface area contributed by atoms with Gasteiger partial charge in [0.25, 0.3) is 5.91 Å². The van der Waals surface area contributed by atoms with Crippen molar-refractivity contribution in [2.24, 2.45) is 0 Å². The molecule has 1 aliphatic rings. The molecule has 1 aliphatic heterocycles. The van der Waals surface area contributed by atoms with Crippen LogP contribution in [0.2, 0.25) is 0 Å². The number of carbonyl (C=O) groups is 2. The fourth-order valence-corrected chi connectivity index (χ4v) is 2.53. The highest BCUT2D eigenvalue weighted by molar-refractivity contribution is 5.95. The summed E-state index contributed by atoms with van der Waals surface area (Å²) in [7, 11) is 1.65. The lowest BCUT2D eigenvalue weighted by molar-refractivity contribution is -0.140. The van der Waals surface area contributed by atoms with Crippen LogP contribution in [0.4, 0.5) is 0 Å². The number of benzene rings is 1. The van der Waals surface area contributed by atoms with Crippen molar-refractivity contribution in [2.75, 3.05) is 7.05 Å². The van der Waals surface area contributed by atoms with E-state index in [4.69, 9.17) is 9.26 Å². The Kier molecular flexibility index (Phi) is 3.66. The van der Waals surface area contributed by atoms with Gasteiger partial charge in [-0.2, -0.15) is 0 Å². The zero-order valence-electron chi connectivity index (χ0n) is 12.4. The molecule has 2 heterocycles. The molecule has 1 atom stereocenters. The van der Waals surface area contributed by atoms with Crippen molar-refractivity contribution in [1.82, 2.24) is 10.1 Å². The molecule has 0 saturated carbocycles. The van der Waals surface area contributed by atoms with Crippen molar-refractivity contribution in [3.8, 4) is 0 Å². The Morgan fingerprint density at radius 3 is 2.91 bits per heavy atom. The molecule has 6 heteroatoms. The molecular formula is C16H16N2O4. The number of ether oxygens (including phenoxy) is 1. The summed E-state index contributed by atoms with van der Waals surface area (Å²) in [6.45, 7) is 2.10. The Morgan fingerprint density at radius 1 is 1.41 bits per heavy atom. The summed E-state index contributed by atoms with van der Waals surface area (Å²) >= 11 is 0. The minimum atomic E-state index is -0.791. The van der Waals surface area contributed by atoms with Gasteiger partial charge in [-0.15, -0.1) is 0 Å². The summed E-state index contributed by atoms with van der Waals surface area (Å²) in [5.74, 6) is -0.0109. The number of hydrogen-bond donors (Lipinski definition) is 0. The van der Waals surface area contributed by atoms with Gasteiger partial charge in [-0.25, -0.2) is 4.79 Å². The predicted molar refractivity (Wildman–Crippen MR) is 77.1 cm³/mol. The number of aryl methyl sites for hydroxylation is 1. The molecular weight excluding hydrogens is 284 g/mol. The van der Waals surface area contributed by atoms with Gasteiger partial charge in [-0.05, 0) is 18.6 Å². The molecule has 0 fully saturated rings. The third-order valence-electron chi connectivity index (χ3n) is 3.62. The van der Waals surface area contributed by atoms with Crippen LogP contribution in [0, 0.1) is 6.92 Å².